The Bertz CT molecular complexity index is 736. The van der Waals surface area contributed by atoms with E-state index < -0.39 is 0 Å². The van der Waals surface area contributed by atoms with Crippen LogP contribution in [0.1, 0.15) is 5.56 Å². The van der Waals surface area contributed by atoms with Crippen molar-refractivity contribution < 1.29 is 0 Å². The van der Waals surface area contributed by atoms with Crippen molar-refractivity contribution in [2.75, 3.05) is 11.9 Å². The van der Waals surface area contributed by atoms with Gasteiger partial charge in [-0.2, -0.15) is 5.10 Å². The van der Waals surface area contributed by atoms with Gasteiger partial charge in [0, 0.05) is 35.8 Å². The van der Waals surface area contributed by atoms with E-state index in [-0.39, 0.29) is 0 Å². The van der Waals surface area contributed by atoms with Crippen LogP contribution >= 0.6 is 15.9 Å². The molecule has 20 heavy (non-hydrogen) atoms. The van der Waals surface area contributed by atoms with Gasteiger partial charge in [0.2, 0.25) is 0 Å². The Labute approximate surface area is 126 Å². The van der Waals surface area contributed by atoms with Crippen LogP contribution in [0.15, 0.2) is 47.3 Å². The average Bonchev–Trinajstić information content (AvgIpc) is 2.84. The number of halogens is 1. The third-order valence-corrected chi connectivity index (χ3v) is 3.60. The summed E-state index contributed by atoms with van der Waals surface area (Å²) < 4.78 is 2.82. The van der Waals surface area contributed by atoms with Crippen LogP contribution in [-0.2, 0) is 13.5 Å². The van der Waals surface area contributed by atoms with E-state index in [0.717, 1.165) is 34.0 Å². The third-order valence-electron chi connectivity index (χ3n) is 3.17. The number of fused-ring (bicyclic) bond motifs is 1. The number of nitrogens with one attached hydrogen (secondary N) is 1. The molecule has 5 heteroatoms. The lowest BCUT2D eigenvalue weighted by molar-refractivity contribution is 0.767. The van der Waals surface area contributed by atoms with E-state index in [1.807, 2.05) is 36.4 Å². The molecule has 0 atom stereocenters. The Kier molecular flexibility index (Phi) is 3.69. The molecule has 102 valence electrons. The normalized spacial score (nSPS) is 10.9. The molecule has 2 aromatic heterocycles. The van der Waals surface area contributed by atoms with E-state index in [2.05, 4.69) is 49.5 Å². The van der Waals surface area contributed by atoms with Crippen LogP contribution in [0.4, 0.5) is 5.69 Å². The zero-order valence-electron chi connectivity index (χ0n) is 11.2. The maximum absolute atomic E-state index is 4.48. The zero-order valence-corrected chi connectivity index (χ0v) is 12.8. The molecule has 3 rings (SSSR count). The summed E-state index contributed by atoms with van der Waals surface area (Å²) in [6.07, 6.45) is 6.72. The minimum Gasteiger partial charge on any atom is -0.383 e. The Morgan fingerprint density at radius 1 is 1.30 bits per heavy atom. The first-order valence-electron chi connectivity index (χ1n) is 6.48. The van der Waals surface area contributed by atoms with Crippen LogP contribution in [0.5, 0.6) is 0 Å². The number of nitrogens with zero attached hydrogens (tertiary/aromatic N) is 3. The fourth-order valence-electron chi connectivity index (χ4n) is 2.22. The molecule has 0 fully saturated rings. The highest BCUT2D eigenvalue weighted by Crippen LogP contribution is 2.23. The van der Waals surface area contributed by atoms with Crippen molar-refractivity contribution in [3.8, 4) is 0 Å². The predicted molar refractivity (Wildman–Crippen MR) is 84.8 cm³/mol. The topological polar surface area (TPSA) is 42.7 Å². The Morgan fingerprint density at radius 2 is 2.20 bits per heavy atom. The molecular formula is C15H15BrN4. The number of aryl methyl sites for hydroxylation is 1. The second-order valence-electron chi connectivity index (χ2n) is 4.73. The molecule has 3 aromatic rings. The molecule has 1 aromatic carbocycles. The first-order chi connectivity index (χ1) is 9.72. The lowest BCUT2D eigenvalue weighted by Gasteiger charge is -2.08. The molecule has 0 aliphatic rings. The monoisotopic (exact) mass is 330 g/mol. The smallest absolute Gasteiger partial charge is 0.0934 e. The number of pyridine rings is 1. The summed E-state index contributed by atoms with van der Waals surface area (Å²) >= 11 is 3.45. The maximum Gasteiger partial charge on any atom is 0.0934 e. The van der Waals surface area contributed by atoms with E-state index >= 15 is 0 Å². The highest BCUT2D eigenvalue weighted by Gasteiger charge is 2.03. The Morgan fingerprint density at radius 3 is 3.00 bits per heavy atom. The maximum atomic E-state index is 4.48. The van der Waals surface area contributed by atoms with Gasteiger partial charge < -0.3 is 5.32 Å². The van der Waals surface area contributed by atoms with E-state index in [1.54, 1.807) is 0 Å². The molecule has 0 saturated heterocycles. The number of anilines is 1. The van der Waals surface area contributed by atoms with Crippen LogP contribution < -0.4 is 5.32 Å². The van der Waals surface area contributed by atoms with Gasteiger partial charge in [-0.1, -0.05) is 12.1 Å². The number of hydrogen-bond acceptors (Lipinski definition) is 3. The second kappa shape index (κ2) is 5.63. The standard InChI is InChI=1S/C15H15BrN4/c1-20-10-11(8-19-20)5-6-17-14-4-2-3-12-7-13(16)9-18-15(12)14/h2-4,7-10,17H,5-6H2,1H3. The first-order valence-corrected chi connectivity index (χ1v) is 7.27. The van der Waals surface area contributed by atoms with Crippen molar-refractivity contribution in [3.63, 3.8) is 0 Å². The third kappa shape index (κ3) is 2.82. The molecule has 0 radical (unpaired) electrons. The van der Waals surface area contributed by atoms with E-state index in [9.17, 15) is 0 Å². The van der Waals surface area contributed by atoms with Crippen LogP contribution in [0.25, 0.3) is 10.9 Å². The van der Waals surface area contributed by atoms with Crippen molar-refractivity contribution in [1.82, 2.24) is 14.8 Å². The Hall–Kier alpha value is -1.88. The summed E-state index contributed by atoms with van der Waals surface area (Å²) in [5.41, 5.74) is 3.30. The van der Waals surface area contributed by atoms with Crippen molar-refractivity contribution in [2.24, 2.45) is 7.05 Å². The van der Waals surface area contributed by atoms with Gasteiger partial charge in [-0.15, -0.1) is 0 Å². The second-order valence-corrected chi connectivity index (χ2v) is 5.65. The molecule has 1 N–H and O–H groups in total. The van der Waals surface area contributed by atoms with E-state index in [0.29, 0.717) is 0 Å². The molecule has 0 saturated carbocycles. The number of rotatable bonds is 4. The summed E-state index contributed by atoms with van der Waals surface area (Å²) in [5, 5.41) is 8.75. The molecule has 0 spiro atoms. The number of benzene rings is 1. The number of hydrogen-bond donors (Lipinski definition) is 1. The van der Waals surface area contributed by atoms with E-state index in [1.165, 1.54) is 5.56 Å². The lowest BCUT2D eigenvalue weighted by Crippen LogP contribution is -2.05. The van der Waals surface area contributed by atoms with Gasteiger partial charge in [0.1, 0.15) is 0 Å². The summed E-state index contributed by atoms with van der Waals surface area (Å²) in [7, 11) is 1.93. The van der Waals surface area contributed by atoms with Crippen molar-refractivity contribution >= 4 is 32.5 Å². The van der Waals surface area contributed by atoms with Gasteiger partial charge in [0.15, 0.2) is 0 Å². The molecule has 0 amide bonds. The Balaban J connectivity index is 1.74. The molecule has 2 heterocycles. The van der Waals surface area contributed by atoms with Gasteiger partial charge in [-0.05, 0) is 40.0 Å². The minimum absolute atomic E-state index is 0.864. The first kappa shape index (κ1) is 13.1. The molecule has 0 unspecified atom stereocenters. The zero-order chi connectivity index (χ0) is 13.9. The van der Waals surface area contributed by atoms with Gasteiger partial charge in [0.25, 0.3) is 0 Å². The minimum atomic E-state index is 0.864. The molecule has 4 nitrogen and oxygen atoms in total. The molecule has 0 aliphatic carbocycles. The summed E-state index contributed by atoms with van der Waals surface area (Å²) in [4.78, 5) is 4.48. The fraction of sp³-hybridized carbons (Fsp3) is 0.200. The van der Waals surface area contributed by atoms with Gasteiger partial charge >= 0.3 is 0 Å². The average molecular weight is 331 g/mol. The SMILES string of the molecule is Cn1cc(CCNc2cccc3cc(Br)cnc23)cn1. The molecule has 0 aliphatic heterocycles. The molecular weight excluding hydrogens is 316 g/mol. The van der Waals surface area contributed by atoms with Crippen molar-refractivity contribution in [1.29, 1.82) is 0 Å². The van der Waals surface area contributed by atoms with E-state index in [4.69, 9.17) is 0 Å². The highest BCUT2D eigenvalue weighted by molar-refractivity contribution is 9.10. The van der Waals surface area contributed by atoms with Crippen LogP contribution in [0.2, 0.25) is 0 Å². The highest BCUT2D eigenvalue weighted by atomic mass is 79.9. The summed E-state index contributed by atoms with van der Waals surface area (Å²) in [6.45, 7) is 0.864. The van der Waals surface area contributed by atoms with Crippen molar-refractivity contribution in [2.45, 2.75) is 6.42 Å². The number of para-hydroxylation sites is 1. The lowest BCUT2D eigenvalue weighted by atomic mass is 10.2. The number of aromatic nitrogens is 3. The quantitative estimate of drug-likeness (QED) is 0.797. The van der Waals surface area contributed by atoms with Crippen molar-refractivity contribution in [3.05, 3.63) is 52.9 Å². The fourth-order valence-corrected chi connectivity index (χ4v) is 2.57. The van der Waals surface area contributed by atoms with Crippen LogP contribution in [-0.4, -0.2) is 21.3 Å². The van der Waals surface area contributed by atoms with Crippen LogP contribution in [0, 0.1) is 0 Å². The predicted octanol–water partition coefficient (Wildman–Crippen LogP) is 3.39. The summed E-state index contributed by atoms with van der Waals surface area (Å²) in [6, 6.07) is 8.25. The largest absolute Gasteiger partial charge is 0.383 e. The summed E-state index contributed by atoms with van der Waals surface area (Å²) in [5.74, 6) is 0. The van der Waals surface area contributed by atoms with Gasteiger partial charge in [-0.3, -0.25) is 9.67 Å². The van der Waals surface area contributed by atoms with Gasteiger partial charge in [-0.25, -0.2) is 0 Å². The van der Waals surface area contributed by atoms with Crippen LogP contribution in [0.3, 0.4) is 0 Å². The van der Waals surface area contributed by atoms with Gasteiger partial charge in [0.05, 0.1) is 17.4 Å². The molecule has 0 bridgehead atoms.